The van der Waals surface area contributed by atoms with Gasteiger partial charge in [0.05, 0.1) is 0 Å². The maximum absolute atomic E-state index is 11.9. The van der Waals surface area contributed by atoms with Gasteiger partial charge in [-0.05, 0) is 25.2 Å². The first-order chi connectivity index (χ1) is 9.57. The van der Waals surface area contributed by atoms with E-state index in [9.17, 15) is 4.79 Å². The van der Waals surface area contributed by atoms with E-state index in [1.54, 1.807) is 0 Å². The standard InChI is InChI=1S/C17H35N2O.V/c1-16(2)12-11-15-19(4)17(20)13-9-7-5-6-8-10-14-18-3;/h16H,5-15H2,1-4H3;/q-1;. The fourth-order valence-electron chi connectivity index (χ4n) is 2.31. The minimum Gasteiger partial charge on any atom is -0.665 e. The molecule has 0 bridgehead atoms. The van der Waals surface area contributed by atoms with Crippen LogP contribution in [0.3, 0.4) is 0 Å². The van der Waals surface area contributed by atoms with Crippen LogP contribution in [-0.4, -0.2) is 38.0 Å². The van der Waals surface area contributed by atoms with Gasteiger partial charge in [-0.3, -0.25) is 4.79 Å². The van der Waals surface area contributed by atoms with E-state index in [0.29, 0.717) is 5.91 Å². The Bertz CT molecular complexity index is 235. The van der Waals surface area contributed by atoms with Crippen molar-refractivity contribution in [2.75, 3.05) is 27.2 Å². The SMILES string of the molecule is C[N-]CCCCCCCCC(=O)N(C)CCCC(C)C.[V]. The first-order valence-electron chi connectivity index (χ1n) is 8.37. The maximum Gasteiger partial charge on any atom is 0.222 e. The zero-order chi connectivity index (χ0) is 15.2. The molecule has 0 aliphatic carbocycles. The van der Waals surface area contributed by atoms with Gasteiger partial charge in [-0.1, -0.05) is 46.0 Å². The van der Waals surface area contributed by atoms with Crippen molar-refractivity contribution < 1.29 is 23.4 Å². The summed E-state index contributed by atoms with van der Waals surface area (Å²) in [6, 6.07) is 0. The fourth-order valence-corrected chi connectivity index (χ4v) is 2.31. The fraction of sp³-hybridized carbons (Fsp3) is 0.941. The van der Waals surface area contributed by atoms with Crippen molar-refractivity contribution >= 4 is 5.91 Å². The minimum absolute atomic E-state index is 0. The Morgan fingerprint density at radius 3 is 2.14 bits per heavy atom. The monoisotopic (exact) mass is 334 g/mol. The van der Waals surface area contributed by atoms with E-state index in [0.717, 1.165) is 38.3 Å². The number of rotatable bonds is 13. The number of hydrogen-bond donors (Lipinski definition) is 0. The van der Waals surface area contributed by atoms with Gasteiger partial charge in [-0.2, -0.15) is 7.05 Å². The van der Waals surface area contributed by atoms with Gasteiger partial charge in [0.15, 0.2) is 0 Å². The number of carbonyl (C=O) groups is 1. The summed E-state index contributed by atoms with van der Waals surface area (Å²) in [6.45, 7) is 6.38. The van der Waals surface area contributed by atoms with Crippen LogP contribution < -0.4 is 0 Å². The van der Waals surface area contributed by atoms with Crippen LogP contribution >= 0.6 is 0 Å². The van der Waals surface area contributed by atoms with Crippen molar-refractivity contribution in [2.45, 2.75) is 71.6 Å². The largest absolute Gasteiger partial charge is 0.665 e. The van der Waals surface area contributed by atoms with E-state index in [2.05, 4.69) is 19.2 Å². The number of unbranched alkanes of at least 4 members (excludes halogenated alkanes) is 5. The molecule has 0 aromatic carbocycles. The van der Waals surface area contributed by atoms with E-state index < -0.39 is 0 Å². The van der Waals surface area contributed by atoms with E-state index in [4.69, 9.17) is 0 Å². The third-order valence-electron chi connectivity index (χ3n) is 3.72. The minimum atomic E-state index is 0. The molecule has 0 fully saturated rings. The van der Waals surface area contributed by atoms with Crippen molar-refractivity contribution in [3.63, 3.8) is 0 Å². The summed E-state index contributed by atoms with van der Waals surface area (Å²) in [7, 11) is 3.82. The summed E-state index contributed by atoms with van der Waals surface area (Å²) in [5, 5.41) is 4.10. The van der Waals surface area contributed by atoms with Gasteiger partial charge >= 0.3 is 0 Å². The zero-order valence-electron chi connectivity index (χ0n) is 14.6. The first kappa shape index (κ1) is 23.3. The van der Waals surface area contributed by atoms with Crippen LogP contribution in [0.4, 0.5) is 0 Å². The van der Waals surface area contributed by atoms with Crippen LogP contribution in [0, 0.1) is 5.92 Å². The molecule has 0 N–H and O–H groups in total. The van der Waals surface area contributed by atoms with Gasteiger partial charge in [-0.25, -0.2) is 0 Å². The Balaban J connectivity index is 0. The normalized spacial score (nSPS) is 10.5. The average molecular weight is 334 g/mol. The van der Waals surface area contributed by atoms with Gasteiger partial charge < -0.3 is 10.2 Å². The van der Waals surface area contributed by atoms with E-state index in [1.807, 2.05) is 19.0 Å². The Labute approximate surface area is 144 Å². The predicted molar refractivity (Wildman–Crippen MR) is 88.2 cm³/mol. The molecule has 0 aromatic heterocycles. The van der Waals surface area contributed by atoms with Gasteiger partial charge in [-0.15, -0.1) is 6.54 Å². The summed E-state index contributed by atoms with van der Waals surface area (Å²) < 4.78 is 0. The van der Waals surface area contributed by atoms with Crippen LogP contribution in [0.1, 0.15) is 71.6 Å². The summed E-state index contributed by atoms with van der Waals surface area (Å²) in [4.78, 5) is 13.8. The smallest absolute Gasteiger partial charge is 0.222 e. The molecule has 0 saturated heterocycles. The molecule has 0 saturated carbocycles. The molecule has 0 spiro atoms. The van der Waals surface area contributed by atoms with Crippen molar-refractivity contribution in [1.29, 1.82) is 0 Å². The molecule has 1 radical (unpaired) electrons. The Morgan fingerprint density at radius 2 is 1.57 bits per heavy atom. The molecule has 0 heterocycles. The number of amides is 1. The molecular weight excluding hydrogens is 299 g/mol. The summed E-state index contributed by atoms with van der Waals surface area (Å²) in [5.41, 5.74) is 0. The Morgan fingerprint density at radius 1 is 1.00 bits per heavy atom. The number of nitrogens with zero attached hydrogens (tertiary/aromatic N) is 2. The average Bonchev–Trinajstić information content (AvgIpc) is 2.41. The van der Waals surface area contributed by atoms with Gasteiger partial charge in [0.2, 0.25) is 5.91 Å². The summed E-state index contributed by atoms with van der Waals surface area (Å²) >= 11 is 0. The Kier molecular flexibility index (Phi) is 18.2. The van der Waals surface area contributed by atoms with Crippen LogP contribution in [-0.2, 0) is 23.4 Å². The molecule has 21 heavy (non-hydrogen) atoms. The molecule has 0 atom stereocenters. The van der Waals surface area contributed by atoms with Crippen molar-refractivity contribution in [2.24, 2.45) is 5.92 Å². The van der Waals surface area contributed by atoms with Gasteiger partial charge in [0, 0.05) is 38.6 Å². The third-order valence-corrected chi connectivity index (χ3v) is 3.72. The molecule has 125 valence electrons. The maximum atomic E-state index is 11.9. The molecule has 0 rings (SSSR count). The number of hydrogen-bond acceptors (Lipinski definition) is 1. The van der Waals surface area contributed by atoms with Gasteiger partial charge in [0.25, 0.3) is 0 Å². The molecular formula is C17H35N2OV-. The van der Waals surface area contributed by atoms with Crippen molar-refractivity contribution in [3.8, 4) is 0 Å². The molecule has 0 aromatic rings. The van der Waals surface area contributed by atoms with E-state index in [-0.39, 0.29) is 18.6 Å². The Hall–Kier alpha value is 0.0144. The quantitative estimate of drug-likeness (QED) is 0.453. The molecule has 0 aliphatic rings. The summed E-state index contributed by atoms with van der Waals surface area (Å²) in [5.74, 6) is 1.05. The van der Waals surface area contributed by atoms with Gasteiger partial charge in [0.1, 0.15) is 0 Å². The topological polar surface area (TPSA) is 34.4 Å². The molecule has 0 unspecified atom stereocenters. The van der Waals surface area contributed by atoms with Crippen molar-refractivity contribution in [3.05, 3.63) is 5.32 Å². The van der Waals surface area contributed by atoms with Crippen molar-refractivity contribution in [1.82, 2.24) is 4.90 Å². The first-order valence-corrected chi connectivity index (χ1v) is 8.37. The third kappa shape index (κ3) is 16.2. The molecule has 4 heteroatoms. The second-order valence-corrected chi connectivity index (χ2v) is 6.26. The van der Waals surface area contributed by atoms with Crippen LogP contribution in [0.25, 0.3) is 5.32 Å². The molecule has 1 amide bonds. The predicted octanol–water partition coefficient (Wildman–Crippen LogP) is 4.61. The summed E-state index contributed by atoms with van der Waals surface area (Å²) in [6.07, 6.45) is 10.3. The van der Waals surface area contributed by atoms with Crippen LogP contribution in [0.2, 0.25) is 0 Å². The number of carbonyl (C=O) groups excluding carboxylic acids is 1. The second kappa shape index (κ2) is 16.4. The molecule has 0 aliphatic heterocycles. The van der Waals surface area contributed by atoms with Crippen LogP contribution in [0.15, 0.2) is 0 Å². The zero-order valence-corrected chi connectivity index (χ0v) is 16.0. The second-order valence-electron chi connectivity index (χ2n) is 6.26. The molecule has 3 nitrogen and oxygen atoms in total. The van der Waals surface area contributed by atoms with E-state index in [1.165, 1.54) is 38.5 Å². The van der Waals surface area contributed by atoms with Crippen LogP contribution in [0.5, 0.6) is 0 Å². The van der Waals surface area contributed by atoms with E-state index >= 15 is 0 Å².